The first kappa shape index (κ1) is 18.1. The average Bonchev–Trinajstić information content (AvgIpc) is 2.96. The van der Waals surface area contributed by atoms with Gasteiger partial charge in [0, 0.05) is 13.1 Å². The van der Waals surface area contributed by atoms with E-state index < -0.39 is 16.0 Å². The van der Waals surface area contributed by atoms with Gasteiger partial charge < -0.3 is 10.1 Å². The molecule has 0 bridgehead atoms. The molecule has 2 heterocycles. The molecule has 2 rings (SSSR count). The van der Waals surface area contributed by atoms with E-state index in [1.54, 1.807) is 0 Å². The maximum absolute atomic E-state index is 12.2. The van der Waals surface area contributed by atoms with Gasteiger partial charge in [0.05, 0.1) is 12.6 Å². The van der Waals surface area contributed by atoms with Crippen LogP contribution in [0.2, 0.25) is 0 Å². The third kappa shape index (κ3) is 4.48. The molecule has 0 atom stereocenters. The molecule has 0 saturated carbocycles. The number of carbonyl (C=O) groups excluding carboxylic acids is 1. The van der Waals surface area contributed by atoms with Gasteiger partial charge in [0.1, 0.15) is 0 Å². The van der Waals surface area contributed by atoms with Crippen molar-refractivity contribution in [1.29, 1.82) is 0 Å². The van der Waals surface area contributed by atoms with Crippen molar-refractivity contribution < 1.29 is 17.9 Å². The third-order valence-electron chi connectivity index (χ3n) is 2.80. The number of aromatic nitrogens is 1. The van der Waals surface area contributed by atoms with E-state index in [-0.39, 0.29) is 28.9 Å². The molecular weight excluding hydrogens is 338 g/mol. The highest BCUT2D eigenvalue weighted by Gasteiger charge is 2.26. The lowest BCUT2D eigenvalue weighted by Gasteiger charge is -2.14. The van der Waals surface area contributed by atoms with Gasteiger partial charge in [-0.25, -0.2) is 22.9 Å². The second-order valence-corrected chi connectivity index (χ2v) is 6.94. The Morgan fingerprint density at radius 1 is 1.57 bits per heavy atom. The summed E-state index contributed by atoms with van der Waals surface area (Å²) in [5.74, 6) is -0.757. The van der Waals surface area contributed by atoms with Crippen LogP contribution in [-0.4, -0.2) is 46.1 Å². The Balaban J connectivity index is 0.00000220. The molecule has 2 N–H and O–H groups in total. The zero-order valence-electron chi connectivity index (χ0n) is 11.3. The van der Waals surface area contributed by atoms with Crippen molar-refractivity contribution in [2.24, 2.45) is 0 Å². The van der Waals surface area contributed by atoms with Crippen LogP contribution in [0.3, 0.4) is 0 Å². The molecular formula is C11H16ClN3O4S2. The van der Waals surface area contributed by atoms with Crippen LogP contribution in [0.5, 0.6) is 0 Å². The number of thiazole rings is 1. The van der Waals surface area contributed by atoms with E-state index in [1.165, 1.54) is 12.6 Å². The van der Waals surface area contributed by atoms with Crippen LogP contribution in [0.15, 0.2) is 21.4 Å². The summed E-state index contributed by atoms with van der Waals surface area (Å²) in [4.78, 5) is 15.2. The van der Waals surface area contributed by atoms with Crippen LogP contribution >= 0.6 is 23.7 Å². The van der Waals surface area contributed by atoms with Crippen LogP contribution in [0, 0.1) is 0 Å². The van der Waals surface area contributed by atoms with Gasteiger partial charge >= 0.3 is 5.97 Å². The van der Waals surface area contributed by atoms with E-state index in [4.69, 9.17) is 0 Å². The SMILES string of the molecule is COC(=O)c1ncsc1S(=O)(=O)NCC1=CCNCC1.Cl. The van der Waals surface area contributed by atoms with E-state index in [0.29, 0.717) is 0 Å². The van der Waals surface area contributed by atoms with Gasteiger partial charge in [-0.05, 0) is 13.0 Å². The van der Waals surface area contributed by atoms with E-state index in [2.05, 4.69) is 19.8 Å². The fourth-order valence-electron chi connectivity index (χ4n) is 1.74. The molecule has 10 heteroatoms. The van der Waals surface area contributed by atoms with Gasteiger partial charge in [-0.2, -0.15) is 0 Å². The summed E-state index contributed by atoms with van der Waals surface area (Å²) in [5.41, 5.74) is 2.16. The fraction of sp³-hybridized carbons (Fsp3) is 0.455. The maximum atomic E-state index is 12.2. The Morgan fingerprint density at radius 3 is 2.95 bits per heavy atom. The molecule has 118 valence electrons. The molecule has 0 radical (unpaired) electrons. The van der Waals surface area contributed by atoms with Crippen molar-refractivity contribution in [1.82, 2.24) is 15.0 Å². The highest BCUT2D eigenvalue weighted by Crippen LogP contribution is 2.20. The molecule has 0 aromatic carbocycles. The first-order chi connectivity index (χ1) is 9.54. The number of rotatable bonds is 5. The Kier molecular flexibility index (Phi) is 6.75. The van der Waals surface area contributed by atoms with E-state index in [1.807, 2.05) is 6.08 Å². The van der Waals surface area contributed by atoms with E-state index >= 15 is 0 Å². The van der Waals surface area contributed by atoms with Crippen molar-refractivity contribution >= 4 is 39.7 Å². The van der Waals surface area contributed by atoms with Crippen molar-refractivity contribution in [3.8, 4) is 0 Å². The molecule has 1 aromatic heterocycles. The predicted molar refractivity (Wildman–Crippen MR) is 81.5 cm³/mol. The highest BCUT2D eigenvalue weighted by molar-refractivity contribution is 7.91. The lowest BCUT2D eigenvalue weighted by Crippen LogP contribution is -2.30. The number of esters is 1. The number of nitrogens with one attached hydrogen (secondary N) is 2. The summed E-state index contributed by atoms with van der Waals surface area (Å²) >= 11 is 0.893. The standard InChI is InChI=1S/C11H15N3O4S2.ClH/c1-18-10(15)9-11(19-7-13-9)20(16,17)14-6-8-2-4-12-5-3-8;/h2,7,12,14H,3-6H2,1H3;1H. The molecule has 0 fully saturated rings. The van der Waals surface area contributed by atoms with Crippen LogP contribution < -0.4 is 10.0 Å². The molecule has 7 nitrogen and oxygen atoms in total. The second-order valence-electron chi connectivity index (χ2n) is 4.12. The van der Waals surface area contributed by atoms with Gasteiger partial charge in [-0.3, -0.25) is 0 Å². The zero-order chi connectivity index (χ0) is 14.6. The number of hydrogen-bond donors (Lipinski definition) is 2. The molecule has 1 aliphatic rings. The maximum Gasteiger partial charge on any atom is 0.358 e. The van der Waals surface area contributed by atoms with Crippen molar-refractivity contribution in [3.63, 3.8) is 0 Å². The first-order valence-electron chi connectivity index (χ1n) is 5.94. The van der Waals surface area contributed by atoms with Crippen LogP contribution in [-0.2, 0) is 14.8 Å². The average molecular weight is 354 g/mol. The van der Waals surface area contributed by atoms with Crippen LogP contribution in [0.4, 0.5) is 0 Å². The molecule has 0 aliphatic carbocycles. The second kappa shape index (κ2) is 7.85. The molecule has 0 saturated heterocycles. The van der Waals surface area contributed by atoms with Gasteiger partial charge in [0.25, 0.3) is 10.0 Å². The van der Waals surface area contributed by atoms with Gasteiger partial charge in [0.15, 0.2) is 9.90 Å². The molecule has 21 heavy (non-hydrogen) atoms. The molecule has 1 aromatic rings. The number of methoxy groups -OCH3 is 1. The van der Waals surface area contributed by atoms with Crippen molar-refractivity contribution in [2.45, 2.75) is 10.6 Å². The van der Waals surface area contributed by atoms with E-state index in [0.717, 1.165) is 36.4 Å². The number of ether oxygens (including phenoxy) is 1. The summed E-state index contributed by atoms with van der Waals surface area (Å²) in [6.07, 6.45) is 2.76. The molecule has 0 amide bonds. The van der Waals surface area contributed by atoms with Crippen molar-refractivity contribution in [3.05, 3.63) is 22.9 Å². The monoisotopic (exact) mass is 353 g/mol. The Morgan fingerprint density at radius 2 is 2.33 bits per heavy atom. The number of halogens is 1. The quantitative estimate of drug-likeness (QED) is 0.592. The molecule has 0 spiro atoms. The fourth-order valence-corrected chi connectivity index (χ4v) is 3.95. The Bertz CT molecular complexity index is 627. The zero-order valence-corrected chi connectivity index (χ0v) is 13.7. The van der Waals surface area contributed by atoms with E-state index in [9.17, 15) is 13.2 Å². The Labute approximate surface area is 133 Å². The topological polar surface area (TPSA) is 97.4 Å². The largest absolute Gasteiger partial charge is 0.464 e. The first-order valence-corrected chi connectivity index (χ1v) is 8.31. The summed E-state index contributed by atoms with van der Waals surface area (Å²) in [7, 11) is -2.57. The van der Waals surface area contributed by atoms with Crippen LogP contribution in [0.1, 0.15) is 16.9 Å². The minimum absolute atomic E-state index is 0. The lowest BCUT2D eigenvalue weighted by atomic mass is 10.1. The number of nitrogens with zero attached hydrogens (tertiary/aromatic N) is 1. The third-order valence-corrected chi connectivity index (χ3v) is 5.58. The number of carbonyl (C=O) groups is 1. The predicted octanol–water partition coefficient (Wildman–Crippen LogP) is 0.550. The summed E-state index contributed by atoms with van der Waals surface area (Å²) in [6.45, 7) is 1.81. The summed E-state index contributed by atoms with van der Waals surface area (Å²) < 4.78 is 31.3. The van der Waals surface area contributed by atoms with Gasteiger partial charge in [-0.15, -0.1) is 23.7 Å². The minimum Gasteiger partial charge on any atom is -0.464 e. The van der Waals surface area contributed by atoms with Gasteiger partial charge in [-0.1, -0.05) is 11.6 Å². The smallest absolute Gasteiger partial charge is 0.358 e. The van der Waals surface area contributed by atoms with Crippen molar-refractivity contribution in [2.75, 3.05) is 26.7 Å². The van der Waals surface area contributed by atoms with Crippen LogP contribution in [0.25, 0.3) is 0 Å². The number of sulfonamides is 1. The summed E-state index contributed by atoms with van der Waals surface area (Å²) in [5, 5.41) is 3.15. The molecule has 0 unspecified atom stereocenters. The normalized spacial score (nSPS) is 15.0. The number of hydrogen-bond acceptors (Lipinski definition) is 7. The highest BCUT2D eigenvalue weighted by atomic mass is 35.5. The minimum atomic E-state index is -3.76. The Hall–Kier alpha value is -1.00. The van der Waals surface area contributed by atoms with Gasteiger partial charge in [0.2, 0.25) is 0 Å². The lowest BCUT2D eigenvalue weighted by molar-refractivity contribution is 0.0590. The summed E-state index contributed by atoms with van der Waals surface area (Å²) in [6, 6.07) is 0. The molecule has 1 aliphatic heterocycles.